The lowest BCUT2D eigenvalue weighted by Gasteiger charge is -2.21. The van der Waals surface area contributed by atoms with Crippen LogP contribution in [-0.4, -0.2) is 160 Å². The first-order chi connectivity index (χ1) is 60.0. The van der Waals surface area contributed by atoms with Gasteiger partial charge >= 0.3 is 95.0 Å². The van der Waals surface area contributed by atoms with Crippen LogP contribution in [0.3, 0.4) is 0 Å². The van der Waals surface area contributed by atoms with Gasteiger partial charge in [-0.25, -0.2) is 0 Å². The highest BCUT2D eigenvalue weighted by Crippen LogP contribution is 2.47. The van der Waals surface area contributed by atoms with Crippen LogP contribution in [0.15, 0.2) is 199 Å². The topological polar surface area (TPSA) is 615 Å². The number of hydrogen-bond donors (Lipinski definition) is 0. The van der Waals surface area contributed by atoms with Gasteiger partial charge in [0.1, 0.15) is 40.5 Å². The van der Waals surface area contributed by atoms with Crippen LogP contribution in [-0.2, 0) is 60.7 Å². The molecule has 0 atom stereocenters. The average molecular weight is 1810 g/mol. The Kier molecular flexibility index (Phi) is 23.4. The van der Waals surface area contributed by atoms with Gasteiger partial charge in [-0.2, -0.15) is 79.2 Å². The Morgan fingerprint density at radius 3 is 0.627 bits per heavy atom. The van der Waals surface area contributed by atoms with Crippen molar-refractivity contribution in [2.24, 2.45) is 0 Å². The van der Waals surface area contributed by atoms with Gasteiger partial charge in [-0.05, 0) is 110 Å². The van der Waals surface area contributed by atoms with Crippen LogP contribution in [0.2, 0.25) is 0 Å². The molecule has 0 spiro atoms. The Morgan fingerprint density at radius 2 is 0.421 bits per heavy atom. The highest BCUT2D eigenvalue weighted by atomic mass is 32.2. The zero-order chi connectivity index (χ0) is 90.3. The van der Waals surface area contributed by atoms with E-state index in [2.05, 4.69) is 28.7 Å². The first-order valence-electron chi connectivity index (χ1n) is 36.6. The molecule has 0 heterocycles. The molecule has 0 unspecified atom stereocenters. The molecule has 0 aromatic heterocycles. The van der Waals surface area contributed by atoms with Crippen LogP contribution in [0.25, 0.3) is 69.6 Å². The Morgan fingerprint density at radius 1 is 0.238 bits per heavy atom. The third-order valence-electron chi connectivity index (χ3n) is 19.9. The predicted molar refractivity (Wildman–Crippen MR) is 436 cm³/mol. The summed E-state index contributed by atoms with van der Waals surface area (Å²) in [4.78, 5) is 124. The second-order valence-electron chi connectivity index (χ2n) is 27.4. The predicted octanol–water partition coefficient (Wildman–Crippen LogP) is 9.76. The van der Waals surface area contributed by atoms with Gasteiger partial charge in [0.25, 0.3) is 34.7 Å². The van der Waals surface area contributed by atoms with Crippen LogP contribution in [0.1, 0.15) is 168 Å². The van der Waals surface area contributed by atoms with E-state index in [1.54, 1.807) is 0 Å². The molecule has 0 radical (unpaired) electrons. The van der Waals surface area contributed by atoms with Crippen molar-refractivity contribution in [1.29, 1.82) is 0 Å². The van der Waals surface area contributed by atoms with Crippen LogP contribution in [0.4, 0.5) is 0 Å². The Balaban J connectivity index is 0.810. The van der Waals surface area contributed by atoms with E-state index in [9.17, 15) is 95.6 Å². The molecular formula is C82H50N12O26S6. The van der Waals surface area contributed by atoms with Crippen molar-refractivity contribution < 1.29 is 143 Å². The van der Waals surface area contributed by atoms with Crippen LogP contribution >= 0.6 is 0 Å². The molecule has 0 bridgehead atoms. The molecule has 38 nitrogen and oxygen atoms in total. The number of rotatable bonds is 29. The highest BCUT2D eigenvalue weighted by Gasteiger charge is 2.43. The molecule has 14 rings (SSSR count). The number of fused-ring (bicyclic) bond motifs is 6. The minimum atomic E-state index is -5.61. The zero-order valence-corrected chi connectivity index (χ0v) is 68.6. The number of carbonyl (C=O) groups excluding carboxylic acids is 8. The Bertz CT molecular complexity index is 7270. The van der Waals surface area contributed by atoms with Crippen molar-refractivity contribution in [3.8, 4) is 34.5 Å². The normalized spacial score (nSPS) is 14.4. The molecule has 8 aromatic carbocycles. The molecule has 0 amide bonds. The van der Waals surface area contributed by atoms with E-state index < -0.39 is 240 Å². The highest BCUT2D eigenvalue weighted by molar-refractivity contribution is 7.88. The molecular weight excluding hydrogens is 1760 g/mol. The van der Waals surface area contributed by atoms with Crippen molar-refractivity contribution in [1.82, 2.24) is 0 Å². The van der Waals surface area contributed by atoms with Crippen molar-refractivity contribution in [2.45, 2.75) is 80.7 Å². The Labute approximate surface area is 712 Å². The number of allylic oxidation sites excluding steroid dienone is 6. The van der Waals surface area contributed by atoms with E-state index in [0.29, 0.717) is 24.3 Å². The summed E-state index contributed by atoms with van der Waals surface area (Å²) in [6.45, 7) is 0. The lowest BCUT2D eigenvalue weighted by Crippen LogP contribution is -2.23. The van der Waals surface area contributed by atoms with E-state index in [1.165, 1.54) is 12.1 Å². The fourth-order valence-electron chi connectivity index (χ4n) is 14.1. The van der Waals surface area contributed by atoms with Crippen molar-refractivity contribution in [3.05, 3.63) is 281 Å². The van der Waals surface area contributed by atoms with Crippen LogP contribution < -0.4 is 25.1 Å². The van der Waals surface area contributed by atoms with E-state index in [0.717, 1.165) is 170 Å². The molecule has 126 heavy (non-hydrogen) atoms. The molecule has 6 aliphatic rings. The third kappa shape index (κ3) is 16.2. The second-order valence-corrected chi connectivity index (χ2v) is 36.5. The van der Waals surface area contributed by atoms with E-state index in [-0.39, 0.29) is 94.2 Å². The molecule has 0 aliphatic heterocycles. The summed E-state index contributed by atoms with van der Waals surface area (Å²) in [5.74, 6) is -15.8. The first kappa shape index (κ1) is 86.7. The van der Waals surface area contributed by atoms with Crippen molar-refractivity contribution in [2.75, 3.05) is 0 Å². The van der Waals surface area contributed by atoms with Crippen molar-refractivity contribution >= 4 is 178 Å². The van der Waals surface area contributed by atoms with E-state index in [4.69, 9.17) is 25.1 Å². The largest absolute Gasteiger partial charge is 0.378 e. The molecule has 0 saturated carbocycles. The van der Waals surface area contributed by atoms with Gasteiger partial charge in [-0.1, -0.05) is 98.5 Å². The van der Waals surface area contributed by atoms with Gasteiger partial charge < -0.3 is 58.3 Å². The summed E-state index contributed by atoms with van der Waals surface area (Å²) in [6, 6.07) is 21.7. The number of carbonyl (C=O) groups is 8. The first-order valence-corrected chi connectivity index (χ1v) is 45.0. The summed E-state index contributed by atoms with van der Waals surface area (Å²) in [5, 5.41) is 0. The summed E-state index contributed by atoms with van der Waals surface area (Å²) in [5.41, 5.74) is 47.4. The van der Waals surface area contributed by atoms with Gasteiger partial charge in [0.05, 0.1) is 0 Å². The number of unbranched alkanes of at least 4 members (excludes halogenated alkanes) is 5. The summed E-state index contributed by atoms with van der Waals surface area (Å²) in [7, 11) is -32.9. The van der Waals surface area contributed by atoms with Gasteiger partial charge in [-0.15, -0.1) is 0 Å². The molecule has 0 fully saturated rings. The number of hydrogen-bond acceptors (Lipinski definition) is 26. The lowest BCUT2D eigenvalue weighted by molar-refractivity contribution is -0.00459. The van der Waals surface area contributed by atoms with Crippen LogP contribution in [0, 0.1) is 0 Å². The number of nitrogens with zero attached hydrogens (tertiary/aromatic N) is 12. The minimum absolute atomic E-state index is 0.0208. The monoisotopic (exact) mass is 1810 g/mol. The van der Waals surface area contributed by atoms with E-state index in [1.807, 2.05) is 0 Å². The van der Waals surface area contributed by atoms with Gasteiger partial charge in [-0.3, -0.25) is 38.4 Å². The standard InChI is InChI=1S/C82H50N12O26S6/c83-89-55-33-27-43-49(75(55)97)13-7-21-67(43)121(103,104)115-63-39-41-65(117-123(107,108)69-23-9-15-51-45(69)29-35-57(91-85)77(51)99)81(119-125(111,112)71-25-11-17-53-47(71)31-37-59(93-87)79(53)101)73(63)61(95)19-5-3-1-2-4-6-20-62(96)74-64(116-122(105,106)68-22-8-14-50-44(68)28-34-56(90-84)76(50)98)40-42-66(118-124(109,110)70-24-10-16-52-46(70)30-36-58(92-86)78(52)100)82(74)120-126(113,114)72-26-12-18-54-48(72)32-38-60(94-88)80(54)102/h7-18,21-42H,1-6,19-20H2. The molecule has 0 N–H and O–H groups in total. The molecule has 0 saturated heterocycles. The lowest BCUT2D eigenvalue weighted by atomic mass is 9.95. The van der Waals surface area contributed by atoms with Gasteiger partial charge in [0, 0.05) is 116 Å². The average Bonchev–Trinajstić information content (AvgIpc) is 0.759. The zero-order valence-electron chi connectivity index (χ0n) is 63.7. The third-order valence-corrected chi connectivity index (χ3v) is 27.7. The maximum absolute atomic E-state index is 15.4. The second kappa shape index (κ2) is 34.0. The molecule has 630 valence electrons. The maximum atomic E-state index is 15.4. The number of benzene rings is 8. The smallest absolute Gasteiger partial charge is 0.362 e. The number of ketones is 8. The summed E-state index contributed by atoms with van der Waals surface area (Å²) in [6.07, 6.45) is 10.1. The molecule has 8 aromatic rings. The van der Waals surface area contributed by atoms with Crippen molar-refractivity contribution in [3.63, 3.8) is 0 Å². The summed E-state index contributed by atoms with van der Waals surface area (Å²) < 4.78 is 213. The molecule has 6 aliphatic carbocycles. The minimum Gasteiger partial charge on any atom is -0.378 e. The summed E-state index contributed by atoms with van der Waals surface area (Å²) >= 11 is 0. The molecule has 44 heteroatoms. The van der Waals surface area contributed by atoms with Crippen LogP contribution in [0.5, 0.6) is 34.5 Å². The SMILES string of the molecule is [N-]=[N+]=C1C=Cc2c(cccc2S(=O)(=O)Oc2ccc(OS(=O)(=O)c3cccc4c3C=CC(=[N+]=[N-])C4=O)c(C(=O)CCCCCCCCC(=O)c3c(OS(=O)(=O)c4cccc5c4C=CC(=[N+]=[N-])C5=O)ccc(OS(=O)(=O)c4cccc5c4C=CC(=[N+]=[N-])C5=O)c3OS(=O)(=O)c3cccc4c3C=CC(=[N+]=[N-])C4=O)c2OS(=O)(=O)c2cccc3c2C=CC(=[N+]=[N-])C3=O)C1=O. The fourth-order valence-corrected chi connectivity index (χ4v) is 21.0. The number of Topliss-reactive ketones (excluding diaryl/α,β-unsaturated/α-hetero) is 8. The quantitative estimate of drug-likeness (QED) is 0.0138. The maximum Gasteiger partial charge on any atom is 0.362 e. The van der Waals surface area contributed by atoms with Gasteiger partial charge in [0.15, 0.2) is 34.6 Å². The Hall–Kier alpha value is -15.7. The van der Waals surface area contributed by atoms with E-state index >= 15 is 26.4 Å². The van der Waals surface area contributed by atoms with Gasteiger partial charge in [0.2, 0.25) is 11.5 Å². The fraction of sp³-hybridized carbons (Fsp3) is 0.0976.